The summed E-state index contributed by atoms with van der Waals surface area (Å²) in [7, 11) is -3.76. The minimum atomic E-state index is -3.76. The van der Waals surface area contributed by atoms with Crippen molar-refractivity contribution < 1.29 is 27.5 Å². The number of carbonyl (C=O) groups excluding carboxylic acids is 2. The summed E-state index contributed by atoms with van der Waals surface area (Å²) in [6, 6.07) is 3.95. The van der Waals surface area contributed by atoms with Gasteiger partial charge in [0.25, 0.3) is 0 Å². The highest BCUT2D eigenvalue weighted by Crippen LogP contribution is 2.32. The van der Waals surface area contributed by atoms with E-state index in [1.54, 1.807) is 39.8 Å². The zero-order chi connectivity index (χ0) is 24.2. The van der Waals surface area contributed by atoms with Crippen molar-refractivity contribution in [3.05, 3.63) is 18.2 Å². The maximum absolute atomic E-state index is 13.3. The summed E-state index contributed by atoms with van der Waals surface area (Å²) in [6.45, 7) is 8.82. The van der Waals surface area contributed by atoms with Gasteiger partial charge in [-0.2, -0.15) is 4.31 Å². The summed E-state index contributed by atoms with van der Waals surface area (Å²) in [5.41, 5.74) is -0.317. The van der Waals surface area contributed by atoms with Crippen molar-refractivity contribution in [2.45, 2.75) is 76.3 Å². The molecule has 3 rings (SSSR count). The minimum Gasteiger partial charge on any atom is -0.492 e. The normalized spacial score (nSPS) is 19.9. The van der Waals surface area contributed by atoms with E-state index in [4.69, 9.17) is 9.47 Å². The van der Waals surface area contributed by atoms with Crippen molar-refractivity contribution in [2.24, 2.45) is 0 Å². The number of likely N-dealkylation sites (tertiary alicyclic amines) is 1. The fraction of sp³-hybridized carbons (Fsp3) is 0.652. The number of sulfonamides is 1. The minimum absolute atomic E-state index is 0.0412. The van der Waals surface area contributed by atoms with Gasteiger partial charge in [-0.1, -0.05) is 6.42 Å². The van der Waals surface area contributed by atoms with Crippen LogP contribution in [0.3, 0.4) is 0 Å². The van der Waals surface area contributed by atoms with Crippen LogP contribution in [0, 0.1) is 0 Å². The molecule has 0 bridgehead atoms. The number of amides is 2. The molecule has 2 fully saturated rings. The Balaban J connectivity index is 1.81. The largest absolute Gasteiger partial charge is 0.492 e. The maximum Gasteiger partial charge on any atom is 0.410 e. The number of anilines is 1. The van der Waals surface area contributed by atoms with Gasteiger partial charge in [0.05, 0.1) is 6.61 Å². The van der Waals surface area contributed by atoms with Crippen LogP contribution in [-0.4, -0.2) is 67.5 Å². The Morgan fingerprint density at radius 2 is 1.79 bits per heavy atom. The van der Waals surface area contributed by atoms with Crippen LogP contribution in [0.2, 0.25) is 0 Å². The average Bonchev–Trinajstić information content (AvgIpc) is 3.25. The van der Waals surface area contributed by atoms with Crippen molar-refractivity contribution in [2.75, 3.05) is 31.6 Å². The monoisotopic (exact) mass is 481 g/mol. The van der Waals surface area contributed by atoms with Gasteiger partial charge in [0.1, 0.15) is 22.3 Å². The number of carbonyl (C=O) groups is 2. The van der Waals surface area contributed by atoms with Crippen molar-refractivity contribution >= 4 is 27.7 Å². The van der Waals surface area contributed by atoms with Crippen molar-refractivity contribution in [3.8, 4) is 5.75 Å². The van der Waals surface area contributed by atoms with E-state index < -0.39 is 27.8 Å². The quantitative estimate of drug-likeness (QED) is 0.666. The van der Waals surface area contributed by atoms with Gasteiger partial charge in [-0.25, -0.2) is 13.2 Å². The highest BCUT2D eigenvalue weighted by atomic mass is 32.2. The first kappa shape index (κ1) is 25.3. The molecule has 1 N–H and O–H groups in total. The van der Waals surface area contributed by atoms with Gasteiger partial charge in [0, 0.05) is 25.3 Å². The zero-order valence-corrected chi connectivity index (χ0v) is 20.7. The number of nitrogens with one attached hydrogen (secondary N) is 1. The lowest BCUT2D eigenvalue weighted by molar-refractivity contribution is -0.120. The maximum atomic E-state index is 13.3. The van der Waals surface area contributed by atoms with Gasteiger partial charge < -0.3 is 14.8 Å². The van der Waals surface area contributed by atoms with E-state index in [9.17, 15) is 18.0 Å². The van der Waals surface area contributed by atoms with Gasteiger partial charge in [0.15, 0.2) is 0 Å². The second-order valence-electron chi connectivity index (χ2n) is 9.38. The third-order valence-corrected chi connectivity index (χ3v) is 7.55. The van der Waals surface area contributed by atoms with Crippen LogP contribution in [0.25, 0.3) is 0 Å². The van der Waals surface area contributed by atoms with Crippen LogP contribution in [0.1, 0.15) is 59.8 Å². The molecule has 0 saturated carbocycles. The standard InChI is InChI=1S/C23H35N3O6S/c1-5-31-19-12-11-17(16-20(19)33(29,30)25-13-7-6-8-14-25)24-21(27)18-10-9-15-26(18)22(28)32-23(2,3)4/h11-12,16,18H,5-10,13-15H2,1-4H3,(H,24,27). The second-order valence-corrected chi connectivity index (χ2v) is 11.3. The van der Waals surface area contributed by atoms with Crippen LogP contribution in [0.15, 0.2) is 23.1 Å². The van der Waals surface area contributed by atoms with Crippen molar-refractivity contribution in [1.29, 1.82) is 0 Å². The first-order valence-electron chi connectivity index (χ1n) is 11.6. The van der Waals surface area contributed by atoms with Crippen LogP contribution in [-0.2, 0) is 19.6 Å². The van der Waals surface area contributed by atoms with Gasteiger partial charge >= 0.3 is 6.09 Å². The SMILES string of the molecule is CCOc1ccc(NC(=O)C2CCCN2C(=O)OC(C)(C)C)cc1S(=O)(=O)N1CCCCC1. The van der Waals surface area contributed by atoms with Crippen molar-refractivity contribution in [3.63, 3.8) is 0 Å². The lowest BCUT2D eigenvalue weighted by Crippen LogP contribution is -2.45. The predicted octanol–water partition coefficient (Wildman–Crippen LogP) is 3.60. The number of rotatable bonds is 6. The summed E-state index contributed by atoms with van der Waals surface area (Å²) < 4.78 is 39.1. The molecule has 0 spiro atoms. The van der Waals surface area contributed by atoms with Gasteiger partial charge in [-0.05, 0) is 71.6 Å². The van der Waals surface area contributed by atoms with Gasteiger partial charge in [0.2, 0.25) is 15.9 Å². The number of ether oxygens (including phenoxy) is 2. The van der Waals surface area contributed by atoms with E-state index >= 15 is 0 Å². The molecule has 9 nitrogen and oxygen atoms in total. The van der Waals surface area contributed by atoms with Crippen LogP contribution < -0.4 is 10.1 Å². The number of hydrogen-bond donors (Lipinski definition) is 1. The first-order chi connectivity index (χ1) is 15.5. The van der Waals surface area contributed by atoms with E-state index in [1.807, 2.05) is 0 Å². The van der Waals surface area contributed by atoms with Gasteiger partial charge in [-0.15, -0.1) is 0 Å². The molecule has 10 heteroatoms. The van der Waals surface area contributed by atoms with Crippen LogP contribution in [0.4, 0.5) is 10.5 Å². The Hall–Kier alpha value is -2.33. The molecule has 1 aromatic rings. The lowest BCUT2D eigenvalue weighted by Gasteiger charge is -2.28. The van der Waals surface area contributed by atoms with Crippen molar-refractivity contribution in [1.82, 2.24) is 9.21 Å². The third-order valence-electron chi connectivity index (χ3n) is 5.63. The molecule has 2 aliphatic heterocycles. The molecule has 184 valence electrons. The average molecular weight is 482 g/mol. The third kappa shape index (κ3) is 6.17. The number of benzene rings is 1. The highest BCUT2D eigenvalue weighted by molar-refractivity contribution is 7.89. The number of nitrogens with zero attached hydrogens (tertiary/aromatic N) is 2. The molecule has 2 heterocycles. The Labute approximate surface area is 196 Å². The lowest BCUT2D eigenvalue weighted by atomic mass is 10.2. The fourth-order valence-corrected chi connectivity index (χ4v) is 5.78. The molecular weight excluding hydrogens is 446 g/mol. The predicted molar refractivity (Wildman–Crippen MR) is 125 cm³/mol. The second kappa shape index (κ2) is 10.3. The van der Waals surface area contributed by atoms with Crippen LogP contribution in [0.5, 0.6) is 5.75 Å². The molecule has 2 saturated heterocycles. The molecule has 1 atom stereocenters. The van der Waals surface area contributed by atoms with E-state index in [0.717, 1.165) is 19.3 Å². The summed E-state index contributed by atoms with van der Waals surface area (Å²) in [6.07, 6.45) is 3.33. The Morgan fingerprint density at radius 1 is 1.09 bits per heavy atom. The Bertz CT molecular complexity index is 967. The van der Waals surface area contributed by atoms with E-state index in [0.29, 0.717) is 44.8 Å². The van der Waals surface area contributed by atoms with E-state index in [1.165, 1.54) is 15.3 Å². The molecule has 2 amide bonds. The summed E-state index contributed by atoms with van der Waals surface area (Å²) in [5.74, 6) is -0.110. The number of piperidine rings is 1. The molecule has 0 aliphatic carbocycles. The summed E-state index contributed by atoms with van der Waals surface area (Å²) in [5, 5.41) is 2.79. The van der Waals surface area contributed by atoms with Gasteiger partial charge in [-0.3, -0.25) is 9.69 Å². The molecule has 1 unspecified atom stereocenters. The molecule has 0 aromatic heterocycles. The topological polar surface area (TPSA) is 105 Å². The summed E-state index contributed by atoms with van der Waals surface area (Å²) in [4.78, 5) is 27.0. The summed E-state index contributed by atoms with van der Waals surface area (Å²) >= 11 is 0. The van der Waals surface area contributed by atoms with E-state index in [-0.39, 0.29) is 16.6 Å². The molecule has 1 aromatic carbocycles. The highest BCUT2D eigenvalue weighted by Gasteiger charge is 2.37. The zero-order valence-electron chi connectivity index (χ0n) is 19.9. The number of hydrogen-bond acceptors (Lipinski definition) is 6. The molecule has 0 radical (unpaired) electrons. The molecule has 33 heavy (non-hydrogen) atoms. The Kier molecular flexibility index (Phi) is 7.89. The van der Waals surface area contributed by atoms with E-state index in [2.05, 4.69) is 5.32 Å². The molecule has 2 aliphatic rings. The molecular formula is C23H35N3O6S. The smallest absolute Gasteiger partial charge is 0.410 e. The van der Waals surface area contributed by atoms with Crippen LogP contribution >= 0.6 is 0 Å². The fourth-order valence-electron chi connectivity index (χ4n) is 4.11. The Morgan fingerprint density at radius 3 is 2.42 bits per heavy atom. The first-order valence-corrected chi connectivity index (χ1v) is 13.0.